The summed E-state index contributed by atoms with van der Waals surface area (Å²) in [5, 5.41) is 3.54. The quantitative estimate of drug-likeness (QED) is 0.838. The number of hydrogen-bond acceptors (Lipinski definition) is 2. The summed E-state index contributed by atoms with van der Waals surface area (Å²) in [6.07, 6.45) is 4.12. The maximum atomic E-state index is 3.54. The van der Waals surface area contributed by atoms with Crippen LogP contribution >= 0.6 is 0 Å². The van der Waals surface area contributed by atoms with Crippen LogP contribution < -0.4 is 5.32 Å². The highest BCUT2D eigenvalue weighted by Gasteiger charge is 2.32. The predicted molar refractivity (Wildman–Crippen MR) is 70.9 cm³/mol. The smallest absolute Gasteiger partial charge is 0.0236 e. The van der Waals surface area contributed by atoms with Crippen LogP contribution in [0.3, 0.4) is 0 Å². The summed E-state index contributed by atoms with van der Waals surface area (Å²) in [6, 6.07) is 11.7. The van der Waals surface area contributed by atoms with Gasteiger partial charge in [0.05, 0.1) is 0 Å². The Labute approximate surface area is 104 Å². The van der Waals surface area contributed by atoms with Crippen molar-refractivity contribution in [1.82, 2.24) is 10.2 Å². The Morgan fingerprint density at radius 3 is 2.94 bits per heavy atom. The van der Waals surface area contributed by atoms with E-state index in [1.165, 1.54) is 44.5 Å². The van der Waals surface area contributed by atoms with Gasteiger partial charge in [0.25, 0.3) is 0 Å². The minimum atomic E-state index is 0.824. The lowest BCUT2D eigenvalue weighted by Crippen LogP contribution is -2.52. The van der Waals surface area contributed by atoms with E-state index in [4.69, 9.17) is 0 Å². The first-order chi connectivity index (χ1) is 8.43. The molecule has 2 fully saturated rings. The first-order valence-corrected chi connectivity index (χ1v) is 6.92. The standard InChI is InChI=1S/C15H22N2/c1-2-5-13(6-3-1)12-17-10-4-7-14-11-16-9-8-15(14)17/h1-3,5-6,14-16H,4,7-12H2/t14-,15+/m0/s1. The van der Waals surface area contributed by atoms with Crippen molar-refractivity contribution >= 4 is 0 Å². The zero-order valence-corrected chi connectivity index (χ0v) is 10.4. The van der Waals surface area contributed by atoms with Crippen LogP contribution in [-0.4, -0.2) is 30.6 Å². The van der Waals surface area contributed by atoms with Crippen LogP contribution in [0, 0.1) is 5.92 Å². The number of nitrogens with zero attached hydrogens (tertiary/aromatic N) is 1. The summed E-state index contributed by atoms with van der Waals surface area (Å²) in [5.74, 6) is 0.890. The first-order valence-electron chi connectivity index (χ1n) is 6.92. The Kier molecular flexibility index (Phi) is 3.44. The molecule has 2 heteroatoms. The van der Waals surface area contributed by atoms with Crippen LogP contribution in [0.1, 0.15) is 24.8 Å². The van der Waals surface area contributed by atoms with E-state index >= 15 is 0 Å². The van der Waals surface area contributed by atoms with Crippen molar-refractivity contribution in [3.63, 3.8) is 0 Å². The van der Waals surface area contributed by atoms with E-state index in [1.54, 1.807) is 0 Å². The molecule has 0 aromatic heterocycles. The minimum absolute atomic E-state index is 0.824. The van der Waals surface area contributed by atoms with Gasteiger partial charge in [-0.2, -0.15) is 0 Å². The lowest BCUT2D eigenvalue weighted by Gasteiger charge is -2.44. The van der Waals surface area contributed by atoms with Crippen LogP contribution in [0.5, 0.6) is 0 Å². The Hall–Kier alpha value is -0.860. The van der Waals surface area contributed by atoms with Gasteiger partial charge < -0.3 is 5.32 Å². The average molecular weight is 230 g/mol. The summed E-state index contributed by atoms with van der Waals surface area (Å²) in [5.41, 5.74) is 1.46. The number of hydrogen-bond donors (Lipinski definition) is 1. The number of rotatable bonds is 2. The molecule has 2 saturated heterocycles. The fourth-order valence-corrected chi connectivity index (χ4v) is 3.42. The fourth-order valence-electron chi connectivity index (χ4n) is 3.42. The molecule has 0 spiro atoms. The van der Waals surface area contributed by atoms with Gasteiger partial charge in [-0.05, 0) is 50.4 Å². The first kappa shape index (κ1) is 11.2. The van der Waals surface area contributed by atoms with E-state index in [1.807, 2.05) is 0 Å². The maximum absolute atomic E-state index is 3.54. The van der Waals surface area contributed by atoms with Crippen molar-refractivity contribution in [2.24, 2.45) is 5.92 Å². The van der Waals surface area contributed by atoms with E-state index in [-0.39, 0.29) is 0 Å². The van der Waals surface area contributed by atoms with Crippen molar-refractivity contribution in [2.75, 3.05) is 19.6 Å². The molecule has 0 bridgehead atoms. The Balaban J connectivity index is 1.69. The molecular formula is C15H22N2. The van der Waals surface area contributed by atoms with Crippen molar-refractivity contribution in [1.29, 1.82) is 0 Å². The highest BCUT2D eigenvalue weighted by atomic mass is 15.2. The largest absolute Gasteiger partial charge is 0.316 e. The summed E-state index contributed by atoms with van der Waals surface area (Å²) < 4.78 is 0. The summed E-state index contributed by atoms with van der Waals surface area (Å²) in [4.78, 5) is 2.71. The van der Waals surface area contributed by atoms with Crippen molar-refractivity contribution in [3.05, 3.63) is 35.9 Å². The molecule has 2 aliphatic rings. The second-order valence-electron chi connectivity index (χ2n) is 5.42. The van der Waals surface area contributed by atoms with Gasteiger partial charge in [0.2, 0.25) is 0 Å². The molecule has 0 radical (unpaired) electrons. The fraction of sp³-hybridized carbons (Fsp3) is 0.600. The van der Waals surface area contributed by atoms with Gasteiger partial charge in [0.15, 0.2) is 0 Å². The zero-order chi connectivity index (χ0) is 11.5. The molecule has 17 heavy (non-hydrogen) atoms. The number of benzene rings is 1. The third-order valence-electron chi connectivity index (χ3n) is 4.29. The summed E-state index contributed by atoms with van der Waals surface area (Å²) >= 11 is 0. The third kappa shape index (κ3) is 2.53. The monoisotopic (exact) mass is 230 g/mol. The molecule has 2 aliphatic heterocycles. The van der Waals surface area contributed by atoms with Gasteiger partial charge in [-0.15, -0.1) is 0 Å². The second-order valence-corrected chi connectivity index (χ2v) is 5.42. The molecule has 0 amide bonds. The van der Waals surface area contributed by atoms with E-state index in [9.17, 15) is 0 Å². The highest BCUT2D eigenvalue weighted by Crippen LogP contribution is 2.28. The molecule has 1 aromatic carbocycles. The average Bonchev–Trinajstić information content (AvgIpc) is 2.40. The zero-order valence-electron chi connectivity index (χ0n) is 10.4. The Morgan fingerprint density at radius 2 is 2.06 bits per heavy atom. The molecule has 1 aromatic rings. The van der Waals surface area contributed by atoms with E-state index in [0.29, 0.717) is 0 Å². The molecule has 3 rings (SSSR count). The number of fused-ring (bicyclic) bond motifs is 1. The number of piperidine rings is 2. The molecule has 2 heterocycles. The van der Waals surface area contributed by atoms with Gasteiger partial charge in [-0.3, -0.25) is 4.90 Å². The predicted octanol–water partition coefficient (Wildman–Crippen LogP) is 2.26. The van der Waals surface area contributed by atoms with E-state index < -0.39 is 0 Å². The third-order valence-corrected chi connectivity index (χ3v) is 4.29. The normalized spacial score (nSPS) is 29.9. The number of likely N-dealkylation sites (tertiary alicyclic amines) is 1. The maximum Gasteiger partial charge on any atom is 0.0236 e. The lowest BCUT2D eigenvalue weighted by molar-refractivity contribution is 0.0627. The Morgan fingerprint density at radius 1 is 1.18 bits per heavy atom. The molecular weight excluding hydrogens is 208 g/mol. The molecule has 2 atom stereocenters. The van der Waals surface area contributed by atoms with E-state index in [2.05, 4.69) is 40.5 Å². The molecule has 0 aliphatic carbocycles. The molecule has 0 unspecified atom stereocenters. The van der Waals surface area contributed by atoms with Crippen molar-refractivity contribution < 1.29 is 0 Å². The van der Waals surface area contributed by atoms with Crippen molar-refractivity contribution in [2.45, 2.75) is 31.8 Å². The van der Waals surface area contributed by atoms with Crippen LogP contribution in [0.15, 0.2) is 30.3 Å². The molecule has 1 N–H and O–H groups in total. The summed E-state index contributed by atoms with van der Waals surface area (Å²) in [7, 11) is 0. The highest BCUT2D eigenvalue weighted by molar-refractivity contribution is 5.14. The van der Waals surface area contributed by atoms with Crippen LogP contribution in [0.4, 0.5) is 0 Å². The van der Waals surface area contributed by atoms with Crippen LogP contribution in [0.25, 0.3) is 0 Å². The van der Waals surface area contributed by atoms with Gasteiger partial charge in [0, 0.05) is 12.6 Å². The molecule has 0 saturated carbocycles. The van der Waals surface area contributed by atoms with E-state index in [0.717, 1.165) is 18.5 Å². The number of nitrogens with one attached hydrogen (secondary N) is 1. The SMILES string of the molecule is c1ccc(CN2CCC[C@H]3CNCC[C@H]32)cc1. The van der Waals surface area contributed by atoms with Crippen LogP contribution in [-0.2, 0) is 6.54 Å². The summed E-state index contributed by atoms with van der Waals surface area (Å²) in [6.45, 7) is 4.86. The lowest BCUT2D eigenvalue weighted by atomic mass is 9.84. The Bertz CT molecular complexity index is 347. The van der Waals surface area contributed by atoms with Gasteiger partial charge >= 0.3 is 0 Å². The van der Waals surface area contributed by atoms with Gasteiger partial charge in [-0.1, -0.05) is 30.3 Å². The second kappa shape index (κ2) is 5.19. The minimum Gasteiger partial charge on any atom is -0.316 e. The topological polar surface area (TPSA) is 15.3 Å². The molecule has 2 nitrogen and oxygen atoms in total. The van der Waals surface area contributed by atoms with Gasteiger partial charge in [0.1, 0.15) is 0 Å². The van der Waals surface area contributed by atoms with Crippen LogP contribution in [0.2, 0.25) is 0 Å². The molecule has 92 valence electrons. The van der Waals surface area contributed by atoms with Gasteiger partial charge in [-0.25, -0.2) is 0 Å². The van der Waals surface area contributed by atoms with Crippen molar-refractivity contribution in [3.8, 4) is 0 Å².